The summed E-state index contributed by atoms with van der Waals surface area (Å²) in [5.41, 5.74) is 1.66. The Morgan fingerprint density at radius 2 is 1.75 bits per heavy atom. The van der Waals surface area contributed by atoms with Crippen LogP contribution in [-0.4, -0.2) is 70.2 Å². The number of alkyl halides is 3. The maximum Gasteiger partial charge on any atom is 0.510 e. The van der Waals surface area contributed by atoms with Crippen molar-refractivity contribution in [3.63, 3.8) is 0 Å². The molecule has 0 bridgehead atoms. The number of hydrogen-bond acceptors (Lipinski definition) is 9. The molecule has 3 aromatic rings. The van der Waals surface area contributed by atoms with Crippen LogP contribution in [0, 0.1) is 6.92 Å². The van der Waals surface area contributed by atoms with Crippen molar-refractivity contribution in [1.29, 1.82) is 0 Å². The minimum Gasteiger partial charge on any atom is -0.484 e. The van der Waals surface area contributed by atoms with E-state index in [1.165, 1.54) is 23.8 Å². The number of halogens is 3. The van der Waals surface area contributed by atoms with Crippen LogP contribution in [0.5, 0.6) is 5.75 Å². The molecule has 0 saturated carbocycles. The van der Waals surface area contributed by atoms with Gasteiger partial charge in [-0.05, 0) is 45.9 Å². The van der Waals surface area contributed by atoms with Crippen molar-refractivity contribution in [3.05, 3.63) is 47.8 Å². The number of carbonyl (C=O) groups is 1. The summed E-state index contributed by atoms with van der Waals surface area (Å²) in [6.07, 6.45) is -5.86. The van der Waals surface area contributed by atoms with E-state index in [0.29, 0.717) is 29.8 Å². The maximum atomic E-state index is 13.6. The first kappa shape index (κ1) is 31.3. The molecule has 0 spiro atoms. The first-order valence-corrected chi connectivity index (χ1v) is 13.9. The van der Waals surface area contributed by atoms with Gasteiger partial charge in [-0.3, -0.25) is 13.8 Å². The third-order valence-electron chi connectivity index (χ3n) is 5.59. The van der Waals surface area contributed by atoms with E-state index in [0.717, 1.165) is 0 Å². The van der Waals surface area contributed by atoms with Gasteiger partial charge in [0, 0.05) is 25.0 Å². The second-order valence-electron chi connectivity index (χ2n) is 8.55. The van der Waals surface area contributed by atoms with Crippen molar-refractivity contribution in [2.75, 3.05) is 33.0 Å². The van der Waals surface area contributed by atoms with Gasteiger partial charge in [0.15, 0.2) is 18.9 Å². The predicted molar refractivity (Wildman–Crippen MR) is 139 cm³/mol. The fourth-order valence-corrected chi connectivity index (χ4v) is 5.05. The Morgan fingerprint density at radius 3 is 2.40 bits per heavy atom. The molecule has 0 aliphatic carbocycles. The molecular weight excluding hydrogens is 555 g/mol. The minimum atomic E-state index is -4.51. The van der Waals surface area contributed by atoms with Crippen LogP contribution >= 0.6 is 0 Å². The van der Waals surface area contributed by atoms with Crippen LogP contribution in [0.1, 0.15) is 38.3 Å². The molecule has 220 valence electrons. The number of ether oxygens (including phenoxy) is 5. The molecule has 3 rings (SSSR count). The molecule has 2 heterocycles. The summed E-state index contributed by atoms with van der Waals surface area (Å²) < 4.78 is 79.5. The van der Waals surface area contributed by atoms with Gasteiger partial charge < -0.3 is 23.7 Å². The predicted octanol–water partition coefficient (Wildman–Crippen LogP) is 5.10. The van der Waals surface area contributed by atoms with Crippen LogP contribution in [0.25, 0.3) is 11.0 Å². The van der Waals surface area contributed by atoms with Crippen LogP contribution in [0.15, 0.2) is 41.7 Å². The molecule has 2 unspecified atom stereocenters. The van der Waals surface area contributed by atoms with Gasteiger partial charge in [-0.2, -0.15) is 13.2 Å². The second kappa shape index (κ2) is 14.4. The highest BCUT2D eigenvalue weighted by Gasteiger charge is 2.29. The third kappa shape index (κ3) is 8.63. The molecule has 0 N–H and O–H groups in total. The lowest BCUT2D eigenvalue weighted by Gasteiger charge is -2.21. The Labute approximate surface area is 232 Å². The van der Waals surface area contributed by atoms with E-state index in [4.69, 9.17) is 23.7 Å². The van der Waals surface area contributed by atoms with Gasteiger partial charge in [-0.15, -0.1) is 0 Å². The molecule has 0 aliphatic heterocycles. The number of imidazole rings is 1. The quantitative estimate of drug-likeness (QED) is 0.238. The Morgan fingerprint density at radius 1 is 1.07 bits per heavy atom. The number of pyridine rings is 1. The molecule has 0 saturated heterocycles. The molecule has 2 aromatic heterocycles. The van der Waals surface area contributed by atoms with Crippen molar-refractivity contribution in [2.24, 2.45) is 0 Å². The van der Waals surface area contributed by atoms with Crippen LogP contribution in [0.2, 0.25) is 0 Å². The van der Waals surface area contributed by atoms with E-state index in [9.17, 15) is 22.2 Å². The van der Waals surface area contributed by atoms with Gasteiger partial charge in [0.25, 0.3) is 0 Å². The molecule has 0 radical (unpaired) electrons. The average Bonchev–Trinajstić information content (AvgIpc) is 3.30. The van der Waals surface area contributed by atoms with Gasteiger partial charge >= 0.3 is 12.3 Å². The Balaban J connectivity index is 1.82. The monoisotopic (exact) mass is 587 g/mol. The van der Waals surface area contributed by atoms with Crippen LogP contribution in [-0.2, 0) is 35.5 Å². The van der Waals surface area contributed by atoms with Crippen LogP contribution in [0.4, 0.5) is 18.0 Å². The third-order valence-corrected chi connectivity index (χ3v) is 6.82. The van der Waals surface area contributed by atoms with E-state index in [2.05, 4.69) is 9.97 Å². The lowest BCUT2D eigenvalue weighted by Crippen LogP contribution is -2.30. The molecule has 1 aromatic carbocycles. The van der Waals surface area contributed by atoms with Crippen LogP contribution in [0.3, 0.4) is 0 Å². The molecule has 14 heteroatoms. The fourth-order valence-electron chi connectivity index (χ4n) is 3.71. The highest BCUT2D eigenvalue weighted by Crippen LogP contribution is 2.28. The number of para-hydroxylation sites is 2. The van der Waals surface area contributed by atoms with E-state index in [1.807, 2.05) is 13.8 Å². The summed E-state index contributed by atoms with van der Waals surface area (Å²) in [6, 6.07) is 8.27. The normalized spacial score (nSPS) is 13.4. The number of benzene rings is 1. The van der Waals surface area contributed by atoms with Gasteiger partial charge in [0.2, 0.25) is 5.16 Å². The maximum absolute atomic E-state index is 13.6. The largest absolute Gasteiger partial charge is 0.510 e. The standard InChI is InChI=1S/C26H32F3N3O7S/c1-5-35-13-19(14-36-6-2)39-25(33)38-18(4)32-22-10-8-7-9-20(22)31-24(32)40(34)15-21-17(3)23(11-12-30-21)37-16-26(27,28)29/h7-12,18-19H,5-6,13-16H2,1-4H3. The summed E-state index contributed by atoms with van der Waals surface area (Å²) in [6.45, 7) is 6.39. The molecule has 0 aliphatic rings. The smallest absolute Gasteiger partial charge is 0.484 e. The van der Waals surface area contributed by atoms with E-state index in [-0.39, 0.29) is 35.6 Å². The number of rotatable bonds is 14. The van der Waals surface area contributed by atoms with E-state index >= 15 is 0 Å². The van der Waals surface area contributed by atoms with Crippen molar-refractivity contribution in [1.82, 2.24) is 14.5 Å². The zero-order valence-corrected chi connectivity index (χ0v) is 23.4. The summed E-state index contributed by atoms with van der Waals surface area (Å²) in [5.74, 6) is -0.179. The van der Waals surface area contributed by atoms with Gasteiger partial charge in [-0.25, -0.2) is 9.78 Å². The second-order valence-corrected chi connectivity index (χ2v) is 9.90. The number of carbonyl (C=O) groups excluding carboxylic acids is 1. The topological polar surface area (TPSA) is 111 Å². The Bertz CT molecular complexity index is 1290. The van der Waals surface area contributed by atoms with Crippen molar-refractivity contribution >= 4 is 28.0 Å². The van der Waals surface area contributed by atoms with Gasteiger partial charge in [-0.1, -0.05) is 12.1 Å². The zero-order chi connectivity index (χ0) is 29.3. The number of hydrogen-bond donors (Lipinski definition) is 0. The SMILES string of the molecule is CCOCC(COCC)OC(=O)OC(C)n1c(S(=O)Cc2nccc(OCC(F)(F)F)c2C)nc2ccccc21. The minimum absolute atomic E-state index is 0.0130. The summed E-state index contributed by atoms with van der Waals surface area (Å²) in [7, 11) is -1.83. The molecule has 10 nitrogen and oxygen atoms in total. The fraction of sp³-hybridized carbons (Fsp3) is 0.500. The van der Waals surface area contributed by atoms with Gasteiger partial charge in [0.05, 0.1) is 46.5 Å². The number of nitrogens with zero attached hydrogens (tertiary/aromatic N) is 3. The summed E-state index contributed by atoms with van der Waals surface area (Å²) >= 11 is 0. The Kier molecular flexibility index (Phi) is 11.3. The molecular formula is C26H32F3N3O7S. The van der Waals surface area contributed by atoms with E-state index in [1.54, 1.807) is 31.2 Å². The van der Waals surface area contributed by atoms with Crippen molar-refractivity contribution < 1.29 is 45.9 Å². The highest BCUT2D eigenvalue weighted by atomic mass is 32.2. The van der Waals surface area contributed by atoms with Gasteiger partial charge in [0.1, 0.15) is 5.75 Å². The number of fused-ring (bicyclic) bond motifs is 1. The first-order valence-electron chi connectivity index (χ1n) is 12.6. The average molecular weight is 588 g/mol. The van der Waals surface area contributed by atoms with Crippen LogP contribution < -0.4 is 4.74 Å². The van der Waals surface area contributed by atoms with Crippen molar-refractivity contribution in [2.45, 2.75) is 57.1 Å². The molecule has 40 heavy (non-hydrogen) atoms. The summed E-state index contributed by atoms with van der Waals surface area (Å²) in [4.78, 5) is 21.3. The Hall–Kier alpha value is -3.23. The molecule has 0 amide bonds. The zero-order valence-electron chi connectivity index (χ0n) is 22.6. The lowest BCUT2D eigenvalue weighted by molar-refractivity contribution is -0.153. The molecule has 2 atom stereocenters. The lowest BCUT2D eigenvalue weighted by atomic mass is 10.2. The molecule has 0 fully saturated rings. The highest BCUT2D eigenvalue weighted by molar-refractivity contribution is 7.84. The van der Waals surface area contributed by atoms with Crippen molar-refractivity contribution in [3.8, 4) is 5.75 Å². The summed E-state index contributed by atoms with van der Waals surface area (Å²) in [5, 5.41) is 0.0875. The first-order chi connectivity index (χ1) is 19.0. The van der Waals surface area contributed by atoms with E-state index < -0.39 is 42.1 Å². The number of aromatic nitrogens is 3.